The number of nitrogens with zero attached hydrogens (tertiary/aromatic N) is 2. The van der Waals surface area contributed by atoms with Crippen LogP contribution in [0.2, 0.25) is 0 Å². The van der Waals surface area contributed by atoms with Crippen molar-refractivity contribution in [3.63, 3.8) is 0 Å². The zero-order valence-corrected chi connectivity index (χ0v) is 12.8. The first-order valence-electron chi connectivity index (χ1n) is 7.71. The van der Waals surface area contributed by atoms with Crippen LogP contribution in [-0.4, -0.2) is 33.7 Å². The molecule has 0 spiro atoms. The normalized spacial score (nSPS) is 23.5. The fourth-order valence-corrected chi connectivity index (χ4v) is 3.20. The van der Waals surface area contributed by atoms with E-state index in [9.17, 15) is 18.3 Å². The number of hydrogen-bond acceptors (Lipinski definition) is 4. The third kappa shape index (κ3) is 3.35. The van der Waals surface area contributed by atoms with Crippen molar-refractivity contribution in [1.82, 2.24) is 9.88 Å². The minimum atomic E-state index is -4.39. The van der Waals surface area contributed by atoms with Crippen LogP contribution < -0.4 is 0 Å². The van der Waals surface area contributed by atoms with Crippen LogP contribution in [0, 0.1) is 0 Å². The lowest BCUT2D eigenvalue weighted by Crippen LogP contribution is -2.46. The lowest BCUT2D eigenvalue weighted by Gasteiger charge is -2.38. The molecule has 1 fully saturated rings. The van der Waals surface area contributed by atoms with Gasteiger partial charge in [0.25, 0.3) is 0 Å². The molecule has 1 aromatic carbocycles. The zero-order chi connectivity index (χ0) is 16.6. The summed E-state index contributed by atoms with van der Waals surface area (Å²) >= 11 is 0. The summed E-state index contributed by atoms with van der Waals surface area (Å²) in [5.41, 5.74) is -0.178. The molecule has 2 atom stereocenters. The smallest absolute Gasteiger partial charge is 0.416 e. The highest BCUT2D eigenvalue weighted by atomic mass is 19.4. The lowest BCUT2D eigenvalue weighted by molar-refractivity contribution is -0.137. The molecule has 0 bridgehead atoms. The minimum Gasteiger partial charge on any atom is -0.439 e. The number of rotatable bonds is 3. The number of benzene rings is 1. The monoisotopic (exact) mass is 328 g/mol. The van der Waals surface area contributed by atoms with Gasteiger partial charge in [-0.15, -0.1) is 0 Å². The topological polar surface area (TPSA) is 49.5 Å². The van der Waals surface area contributed by atoms with Crippen molar-refractivity contribution in [2.45, 2.75) is 51.0 Å². The number of alkyl halides is 3. The third-order valence-electron chi connectivity index (χ3n) is 4.48. The Morgan fingerprint density at radius 2 is 2.13 bits per heavy atom. The number of piperidine rings is 1. The van der Waals surface area contributed by atoms with Crippen LogP contribution in [-0.2, 0) is 12.7 Å². The molecule has 2 unspecified atom stereocenters. The summed E-state index contributed by atoms with van der Waals surface area (Å²) in [6.07, 6.45) is -1.41. The number of aromatic nitrogens is 1. The van der Waals surface area contributed by atoms with E-state index >= 15 is 0 Å². The van der Waals surface area contributed by atoms with Crippen LogP contribution >= 0.6 is 0 Å². The molecule has 3 rings (SSSR count). The molecule has 2 heterocycles. The molecule has 1 aliphatic rings. The fraction of sp³-hybridized carbons (Fsp3) is 0.562. The third-order valence-corrected chi connectivity index (χ3v) is 4.48. The maximum atomic E-state index is 12.7. The number of aliphatic hydroxyl groups excluding tert-OH is 1. The summed E-state index contributed by atoms with van der Waals surface area (Å²) in [4.78, 5) is 6.30. The molecule has 126 valence electrons. The van der Waals surface area contributed by atoms with E-state index in [-0.39, 0.29) is 24.2 Å². The Balaban J connectivity index is 1.85. The van der Waals surface area contributed by atoms with E-state index in [0.717, 1.165) is 31.4 Å². The Hall–Kier alpha value is -1.60. The molecule has 1 aliphatic heterocycles. The molecule has 23 heavy (non-hydrogen) atoms. The first kappa shape index (κ1) is 16.3. The van der Waals surface area contributed by atoms with Crippen molar-refractivity contribution >= 4 is 11.1 Å². The fourth-order valence-electron chi connectivity index (χ4n) is 3.20. The summed E-state index contributed by atoms with van der Waals surface area (Å²) in [5.74, 6) is 0.381. The maximum Gasteiger partial charge on any atom is 0.416 e. The van der Waals surface area contributed by atoms with Gasteiger partial charge in [0.2, 0.25) is 5.89 Å². The number of oxazole rings is 1. The molecule has 2 aromatic rings. The van der Waals surface area contributed by atoms with E-state index in [1.807, 2.05) is 0 Å². The van der Waals surface area contributed by atoms with Gasteiger partial charge < -0.3 is 9.52 Å². The van der Waals surface area contributed by atoms with E-state index in [1.165, 1.54) is 6.07 Å². The van der Waals surface area contributed by atoms with Crippen LogP contribution in [0.25, 0.3) is 11.1 Å². The van der Waals surface area contributed by atoms with Gasteiger partial charge in [-0.25, -0.2) is 4.98 Å². The van der Waals surface area contributed by atoms with Gasteiger partial charge in [-0.3, -0.25) is 4.90 Å². The Morgan fingerprint density at radius 3 is 2.83 bits per heavy atom. The lowest BCUT2D eigenvalue weighted by atomic mass is 9.97. The molecular formula is C16H19F3N2O2. The van der Waals surface area contributed by atoms with Gasteiger partial charge in [-0.2, -0.15) is 13.2 Å². The van der Waals surface area contributed by atoms with Crippen LogP contribution in [0.4, 0.5) is 13.2 Å². The molecule has 0 saturated carbocycles. The Morgan fingerprint density at radius 1 is 1.35 bits per heavy atom. The molecule has 0 aliphatic carbocycles. The van der Waals surface area contributed by atoms with Crippen molar-refractivity contribution in [2.75, 3.05) is 6.61 Å². The zero-order valence-electron chi connectivity index (χ0n) is 12.8. The summed E-state index contributed by atoms with van der Waals surface area (Å²) in [5, 5.41) is 9.51. The molecular weight excluding hydrogens is 309 g/mol. The molecule has 4 nitrogen and oxygen atoms in total. The number of aliphatic hydroxyl groups is 1. The second-order valence-electron chi connectivity index (χ2n) is 6.08. The highest BCUT2D eigenvalue weighted by Gasteiger charge is 2.32. The second-order valence-corrected chi connectivity index (χ2v) is 6.08. The van der Waals surface area contributed by atoms with E-state index in [4.69, 9.17) is 4.42 Å². The Kier molecular flexibility index (Phi) is 4.33. The van der Waals surface area contributed by atoms with Gasteiger partial charge in [0.15, 0.2) is 5.58 Å². The Labute approximate surface area is 131 Å². The van der Waals surface area contributed by atoms with Gasteiger partial charge in [0.05, 0.1) is 18.7 Å². The number of fused-ring (bicyclic) bond motifs is 1. The number of hydrogen-bond donors (Lipinski definition) is 1. The van der Waals surface area contributed by atoms with Crippen molar-refractivity contribution in [1.29, 1.82) is 0 Å². The van der Waals surface area contributed by atoms with Crippen LogP contribution in [0.5, 0.6) is 0 Å². The molecule has 0 amide bonds. The molecule has 0 radical (unpaired) electrons. The van der Waals surface area contributed by atoms with Crippen LogP contribution in [0.15, 0.2) is 22.6 Å². The minimum absolute atomic E-state index is 0.0412. The SMILES string of the molecule is CC1CCCC(CO)N1Cc1nc2cc(C(F)(F)F)ccc2o1. The van der Waals surface area contributed by atoms with Crippen LogP contribution in [0.3, 0.4) is 0 Å². The summed E-state index contributed by atoms with van der Waals surface area (Å²) in [7, 11) is 0. The van der Waals surface area contributed by atoms with Crippen LogP contribution in [0.1, 0.15) is 37.6 Å². The number of halogens is 3. The second kappa shape index (κ2) is 6.13. The van der Waals surface area contributed by atoms with Gasteiger partial charge >= 0.3 is 6.18 Å². The summed E-state index contributed by atoms with van der Waals surface area (Å²) < 4.78 is 43.8. The molecule has 7 heteroatoms. The predicted octanol–water partition coefficient (Wildman–Crippen LogP) is 3.58. The molecule has 1 aromatic heterocycles. The highest BCUT2D eigenvalue weighted by molar-refractivity contribution is 5.73. The van der Waals surface area contributed by atoms with Crippen molar-refractivity contribution in [3.8, 4) is 0 Å². The van der Waals surface area contributed by atoms with Gasteiger partial charge in [0.1, 0.15) is 5.52 Å². The quantitative estimate of drug-likeness (QED) is 0.935. The van der Waals surface area contributed by atoms with E-state index in [1.54, 1.807) is 0 Å². The van der Waals surface area contributed by atoms with E-state index in [0.29, 0.717) is 18.0 Å². The predicted molar refractivity (Wildman–Crippen MR) is 78.7 cm³/mol. The standard InChI is InChI=1S/C16H19F3N2O2/c1-10-3-2-4-12(9-22)21(10)8-15-20-13-7-11(16(17,18)19)5-6-14(13)23-15/h5-7,10,12,22H,2-4,8-9H2,1H3. The van der Waals surface area contributed by atoms with Crippen molar-refractivity contribution in [3.05, 3.63) is 29.7 Å². The highest BCUT2D eigenvalue weighted by Crippen LogP contribution is 2.32. The first-order valence-corrected chi connectivity index (χ1v) is 7.71. The average molecular weight is 328 g/mol. The van der Waals surface area contributed by atoms with Gasteiger partial charge in [0, 0.05) is 12.1 Å². The molecule has 1 N–H and O–H groups in total. The Bertz CT molecular complexity index is 684. The number of likely N-dealkylation sites (tertiary alicyclic amines) is 1. The van der Waals surface area contributed by atoms with Crippen molar-refractivity contribution in [2.24, 2.45) is 0 Å². The van der Waals surface area contributed by atoms with Crippen molar-refractivity contribution < 1.29 is 22.7 Å². The molecule has 1 saturated heterocycles. The largest absolute Gasteiger partial charge is 0.439 e. The van der Waals surface area contributed by atoms with Gasteiger partial charge in [-0.05, 0) is 38.0 Å². The average Bonchev–Trinajstić information content (AvgIpc) is 2.90. The first-order chi connectivity index (χ1) is 10.9. The maximum absolute atomic E-state index is 12.7. The van der Waals surface area contributed by atoms with E-state index < -0.39 is 11.7 Å². The van der Waals surface area contributed by atoms with Gasteiger partial charge in [-0.1, -0.05) is 6.42 Å². The summed E-state index contributed by atoms with van der Waals surface area (Å²) in [6, 6.07) is 3.63. The summed E-state index contributed by atoms with van der Waals surface area (Å²) in [6.45, 7) is 2.53. The van der Waals surface area contributed by atoms with E-state index in [2.05, 4.69) is 16.8 Å².